The van der Waals surface area contributed by atoms with Crippen LogP contribution in [0.25, 0.3) is 10.9 Å². The first-order chi connectivity index (χ1) is 13.4. The van der Waals surface area contributed by atoms with Crippen LogP contribution in [0.1, 0.15) is 25.0 Å². The minimum absolute atomic E-state index is 0.209. The van der Waals surface area contributed by atoms with E-state index in [1.165, 1.54) is 10.9 Å². The van der Waals surface area contributed by atoms with E-state index in [2.05, 4.69) is 21.7 Å². The molecule has 1 heterocycles. The Morgan fingerprint density at radius 2 is 1.82 bits per heavy atom. The van der Waals surface area contributed by atoms with E-state index >= 15 is 0 Å². The summed E-state index contributed by atoms with van der Waals surface area (Å²) in [5.41, 5.74) is 2.66. The molecule has 3 aromatic rings. The Balaban J connectivity index is 1.59. The average molecular weight is 381 g/mol. The molecule has 0 saturated carbocycles. The number of nitrogens with one attached hydrogen (secondary N) is 3. The van der Waals surface area contributed by atoms with Gasteiger partial charge in [0.15, 0.2) is 11.5 Å². The molecule has 0 spiro atoms. The maximum absolute atomic E-state index is 12.4. The number of aromatic nitrogens is 1. The highest BCUT2D eigenvalue weighted by Crippen LogP contribution is 2.32. The van der Waals surface area contributed by atoms with Crippen LogP contribution in [-0.4, -0.2) is 31.8 Å². The van der Waals surface area contributed by atoms with Gasteiger partial charge in [0, 0.05) is 23.6 Å². The number of hydrogen-bond donors (Lipinski definition) is 3. The highest BCUT2D eigenvalue weighted by Gasteiger charge is 2.24. The van der Waals surface area contributed by atoms with E-state index in [1.54, 1.807) is 14.2 Å². The van der Waals surface area contributed by atoms with Gasteiger partial charge in [0.2, 0.25) is 0 Å². The predicted molar refractivity (Wildman–Crippen MR) is 111 cm³/mol. The lowest BCUT2D eigenvalue weighted by molar-refractivity contribution is 0.230. The quantitative estimate of drug-likeness (QED) is 0.580. The molecule has 0 bridgehead atoms. The zero-order valence-electron chi connectivity index (χ0n) is 16.8. The van der Waals surface area contributed by atoms with Crippen molar-refractivity contribution in [3.8, 4) is 11.5 Å². The summed E-state index contributed by atoms with van der Waals surface area (Å²) in [4.78, 5) is 15.7. The molecule has 1 aromatic heterocycles. The molecule has 2 amide bonds. The lowest BCUT2D eigenvalue weighted by Gasteiger charge is -2.27. The van der Waals surface area contributed by atoms with Gasteiger partial charge in [0.05, 0.1) is 19.8 Å². The van der Waals surface area contributed by atoms with E-state index < -0.39 is 5.54 Å². The second-order valence-corrected chi connectivity index (χ2v) is 7.19. The fourth-order valence-electron chi connectivity index (χ4n) is 3.27. The molecular formula is C22H27N3O3. The number of ether oxygens (including phenoxy) is 2. The number of amides is 2. The number of hydrogen-bond acceptors (Lipinski definition) is 3. The van der Waals surface area contributed by atoms with Crippen molar-refractivity contribution < 1.29 is 14.3 Å². The van der Waals surface area contributed by atoms with Crippen LogP contribution in [-0.2, 0) is 12.0 Å². The minimum Gasteiger partial charge on any atom is -0.493 e. The van der Waals surface area contributed by atoms with E-state index in [4.69, 9.17) is 9.47 Å². The lowest BCUT2D eigenvalue weighted by atomic mass is 9.94. The molecule has 0 atom stereocenters. The molecule has 0 saturated heterocycles. The monoisotopic (exact) mass is 381 g/mol. The van der Waals surface area contributed by atoms with Gasteiger partial charge in [0.1, 0.15) is 0 Å². The highest BCUT2D eigenvalue weighted by atomic mass is 16.5. The zero-order chi connectivity index (χ0) is 20.1. The highest BCUT2D eigenvalue weighted by molar-refractivity contribution is 5.83. The molecule has 0 unspecified atom stereocenters. The standard InChI is InChI=1S/C22H27N3O3/c1-22(2,16-9-10-19(27-3)20(13-16)28-4)25-21(26)23-12-11-15-14-24-18-8-6-5-7-17(15)18/h5-10,13-14,24H,11-12H2,1-4H3,(H2,23,25,26). The largest absolute Gasteiger partial charge is 0.493 e. The minimum atomic E-state index is -0.565. The summed E-state index contributed by atoms with van der Waals surface area (Å²) in [5.74, 6) is 1.29. The van der Waals surface area contributed by atoms with Gasteiger partial charge in [-0.3, -0.25) is 0 Å². The second-order valence-electron chi connectivity index (χ2n) is 7.19. The van der Waals surface area contributed by atoms with Crippen LogP contribution in [0.4, 0.5) is 4.79 Å². The summed E-state index contributed by atoms with van der Waals surface area (Å²) < 4.78 is 10.6. The first-order valence-electron chi connectivity index (χ1n) is 9.28. The lowest BCUT2D eigenvalue weighted by Crippen LogP contribution is -2.46. The van der Waals surface area contributed by atoms with Gasteiger partial charge in [-0.1, -0.05) is 24.3 Å². The van der Waals surface area contributed by atoms with Crippen LogP contribution in [0.2, 0.25) is 0 Å². The first kappa shape index (κ1) is 19.6. The Kier molecular flexibility index (Phi) is 5.78. The zero-order valence-corrected chi connectivity index (χ0v) is 16.8. The summed E-state index contributed by atoms with van der Waals surface area (Å²) in [7, 11) is 3.20. The van der Waals surface area contributed by atoms with E-state index in [1.807, 2.05) is 56.4 Å². The van der Waals surface area contributed by atoms with Crippen LogP contribution in [0.15, 0.2) is 48.7 Å². The summed E-state index contributed by atoms with van der Waals surface area (Å²) in [6.07, 6.45) is 2.76. The molecule has 3 rings (SSSR count). The Morgan fingerprint density at radius 3 is 2.57 bits per heavy atom. The summed E-state index contributed by atoms with van der Waals surface area (Å²) in [5, 5.41) is 7.16. The topological polar surface area (TPSA) is 75.4 Å². The van der Waals surface area contributed by atoms with Crippen molar-refractivity contribution in [2.24, 2.45) is 0 Å². The van der Waals surface area contributed by atoms with Gasteiger partial charge in [-0.05, 0) is 49.6 Å². The van der Waals surface area contributed by atoms with Crippen molar-refractivity contribution in [1.82, 2.24) is 15.6 Å². The maximum Gasteiger partial charge on any atom is 0.315 e. The van der Waals surface area contributed by atoms with Gasteiger partial charge in [-0.15, -0.1) is 0 Å². The molecule has 0 aliphatic heterocycles. The number of urea groups is 1. The second kappa shape index (κ2) is 8.25. The van der Waals surface area contributed by atoms with Crippen molar-refractivity contribution >= 4 is 16.9 Å². The average Bonchev–Trinajstić information content (AvgIpc) is 3.10. The first-order valence-corrected chi connectivity index (χ1v) is 9.28. The molecular weight excluding hydrogens is 354 g/mol. The van der Waals surface area contributed by atoms with Crippen molar-refractivity contribution in [3.05, 3.63) is 59.8 Å². The smallest absolute Gasteiger partial charge is 0.315 e. The summed E-state index contributed by atoms with van der Waals surface area (Å²) >= 11 is 0. The van der Waals surface area contributed by atoms with Gasteiger partial charge >= 0.3 is 6.03 Å². The number of benzene rings is 2. The van der Waals surface area contributed by atoms with Crippen LogP contribution in [0.5, 0.6) is 11.5 Å². The molecule has 6 nitrogen and oxygen atoms in total. The fraction of sp³-hybridized carbons (Fsp3) is 0.318. The van der Waals surface area contributed by atoms with Crippen LogP contribution < -0.4 is 20.1 Å². The molecule has 0 radical (unpaired) electrons. The molecule has 0 aliphatic carbocycles. The fourth-order valence-corrected chi connectivity index (χ4v) is 3.27. The maximum atomic E-state index is 12.4. The van der Waals surface area contributed by atoms with Crippen molar-refractivity contribution in [3.63, 3.8) is 0 Å². The number of carbonyl (C=O) groups excluding carboxylic acids is 1. The van der Waals surface area contributed by atoms with Gasteiger partial charge in [-0.2, -0.15) is 0 Å². The third-order valence-corrected chi connectivity index (χ3v) is 4.89. The van der Waals surface area contributed by atoms with Crippen LogP contribution in [0, 0.1) is 0 Å². The number of para-hydroxylation sites is 1. The Hall–Kier alpha value is -3.15. The molecule has 0 aliphatic rings. The Morgan fingerprint density at radius 1 is 1.07 bits per heavy atom. The molecule has 28 heavy (non-hydrogen) atoms. The number of methoxy groups -OCH3 is 2. The molecule has 6 heteroatoms. The van der Waals surface area contributed by atoms with E-state index in [9.17, 15) is 4.79 Å². The van der Waals surface area contributed by atoms with Crippen molar-refractivity contribution in [1.29, 1.82) is 0 Å². The Labute approximate surface area is 165 Å². The SMILES string of the molecule is COc1ccc(C(C)(C)NC(=O)NCCc2c[nH]c3ccccc23)cc1OC. The Bertz CT molecular complexity index is 963. The van der Waals surface area contributed by atoms with Gasteiger partial charge in [0.25, 0.3) is 0 Å². The summed E-state index contributed by atoms with van der Waals surface area (Å²) in [6.45, 7) is 4.46. The molecule has 2 aromatic carbocycles. The van der Waals surface area contributed by atoms with Crippen LogP contribution in [0.3, 0.4) is 0 Å². The summed E-state index contributed by atoms with van der Waals surface area (Å²) in [6, 6.07) is 13.6. The van der Waals surface area contributed by atoms with Crippen molar-refractivity contribution in [2.75, 3.05) is 20.8 Å². The number of rotatable bonds is 7. The number of fused-ring (bicyclic) bond motifs is 1. The molecule has 148 valence electrons. The normalized spacial score (nSPS) is 11.3. The number of H-pyrrole nitrogens is 1. The predicted octanol–water partition coefficient (Wildman–Crippen LogP) is 3.96. The third-order valence-electron chi connectivity index (χ3n) is 4.89. The van der Waals surface area contributed by atoms with Gasteiger partial charge < -0.3 is 25.1 Å². The molecule has 3 N–H and O–H groups in total. The van der Waals surface area contributed by atoms with Crippen molar-refractivity contribution in [2.45, 2.75) is 25.8 Å². The van der Waals surface area contributed by atoms with E-state index in [-0.39, 0.29) is 6.03 Å². The van der Waals surface area contributed by atoms with Crippen LogP contribution >= 0.6 is 0 Å². The number of aromatic amines is 1. The number of carbonyl (C=O) groups is 1. The van der Waals surface area contributed by atoms with E-state index in [0.717, 1.165) is 17.5 Å². The van der Waals surface area contributed by atoms with E-state index in [0.29, 0.717) is 18.0 Å². The third kappa shape index (κ3) is 4.22. The molecule has 0 fully saturated rings. The van der Waals surface area contributed by atoms with Gasteiger partial charge in [-0.25, -0.2) is 4.79 Å².